The normalized spacial score (nSPS) is 18.8. The van der Waals surface area contributed by atoms with Gasteiger partial charge in [0.25, 0.3) is 0 Å². The number of hydrogen-bond acceptors (Lipinski definition) is 3. The Balaban J connectivity index is 1.60. The SMILES string of the molecule is CC(N)c1cccc(SCC2Cc3ccccc3S2)c1. The Morgan fingerprint density at radius 3 is 2.90 bits per heavy atom. The number of fused-ring (bicyclic) bond motifs is 1. The second-order valence-electron chi connectivity index (χ2n) is 5.22. The first-order chi connectivity index (χ1) is 9.72. The first kappa shape index (κ1) is 14.1. The van der Waals surface area contributed by atoms with Gasteiger partial charge in [0.15, 0.2) is 0 Å². The van der Waals surface area contributed by atoms with Gasteiger partial charge in [-0.05, 0) is 42.7 Å². The minimum atomic E-state index is 0.112. The summed E-state index contributed by atoms with van der Waals surface area (Å²) in [5.41, 5.74) is 8.67. The van der Waals surface area contributed by atoms with Crippen LogP contribution in [0, 0.1) is 0 Å². The second kappa shape index (κ2) is 6.25. The van der Waals surface area contributed by atoms with Crippen molar-refractivity contribution in [2.75, 3.05) is 5.75 Å². The topological polar surface area (TPSA) is 26.0 Å². The van der Waals surface area contributed by atoms with Crippen molar-refractivity contribution >= 4 is 23.5 Å². The van der Waals surface area contributed by atoms with Crippen LogP contribution in [-0.4, -0.2) is 11.0 Å². The Labute approximate surface area is 129 Å². The molecule has 0 aromatic heterocycles. The fraction of sp³-hybridized carbons (Fsp3) is 0.294. The van der Waals surface area contributed by atoms with Crippen LogP contribution in [0.1, 0.15) is 24.1 Å². The zero-order chi connectivity index (χ0) is 13.9. The smallest absolute Gasteiger partial charge is 0.0266 e. The Hall–Kier alpha value is -0.900. The number of thioether (sulfide) groups is 2. The van der Waals surface area contributed by atoms with Gasteiger partial charge in [-0.15, -0.1) is 23.5 Å². The largest absolute Gasteiger partial charge is 0.324 e. The molecule has 2 N–H and O–H groups in total. The van der Waals surface area contributed by atoms with E-state index in [1.165, 1.54) is 27.3 Å². The highest BCUT2D eigenvalue weighted by atomic mass is 32.2. The number of rotatable bonds is 4. The predicted octanol–water partition coefficient (Wildman–Crippen LogP) is 4.52. The summed E-state index contributed by atoms with van der Waals surface area (Å²) in [6.45, 7) is 2.03. The van der Waals surface area contributed by atoms with E-state index < -0.39 is 0 Å². The van der Waals surface area contributed by atoms with E-state index in [9.17, 15) is 0 Å². The molecule has 20 heavy (non-hydrogen) atoms. The molecule has 104 valence electrons. The zero-order valence-corrected chi connectivity index (χ0v) is 13.2. The van der Waals surface area contributed by atoms with Gasteiger partial charge in [-0.2, -0.15) is 0 Å². The van der Waals surface area contributed by atoms with Crippen molar-refractivity contribution in [1.29, 1.82) is 0 Å². The first-order valence-electron chi connectivity index (χ1n) is 6.95. The van der Waals surface area contributed by atoms with Crippen molar-refractivity contribution in [3.63, 3.8) is 0 Å². The van der Waals surface area contributed by atoms with Crippen LogP contribution >= 0.6 is 23.5 Å². The van der Waals surface area contributed by atoms with Gasteiger partial charge in [-0.1, -0.05) is 30.3 Å². The van der Waals surface area contributed by atoms with Crippen molar-refractivity contribution in [3.05, 3.63) is 59.7 Å². The van der Waals surface area contributed by atoms with Gasteiger partial charge in [0.2, 0.25) is 0 Å². The fourth-order valence-corrected chi connectivity index (χ4v) is 4.87. The molecule has 0 saturated heterocycles. The summed E-state index contributed by atoms with van der Waals surface area (Å²) in [5, 5.41) is 0.691. The van der Waals surface area contributed by atoms with Gasteiger partial charge in [-0.3, -0.25) is 0 Å². The molecule has 1 heterocycles. The molecule has 0 bridgehead atoms. The maximum Gasteiger partial charge on any atom is 0.0266 e. The number of nitrogens with two attached hydrogens (primary N) is 1. The van der Waals surface area contributed by atoms with E-state index in [0.29, 0.717) is 5.25 Å². The lowest BCUT2D eigenvalue weighted by atomic mass is 10.1. The molecule has 0 fully saturated rings. The van der Waals surface area contributed by atoms with Crippen molar-refractivity contribution in [2.24, 2.45) is 5.73 Å². The van der Waals surface area contributed by atoms with Crippen molar-refractivity contribution in [2.45, 2.75) is 34.4 Å². The molecular formula is C17H19NS2. The van der Waals surface area contributed by atoms with Gasteiger partial charge in [-0.25, -0.2) is 0 Å². The third-order valence-corrected chi connectivity index (χ3v) is 6.22. The Bertz CT molecular complexity index is 570. The molecule has 1 aliphatic rings. The zero-order valence-electron chi connectivity index (χ0n) is 11.6. The molecule has 1 aliphatic heterocycles. The van der Waals surface area contributed by atoms with E-state index >= 15 is 0 Å². The van der Waals surface area contributed by atoms with E-state index in [1.54, 1.807) is 0 Å². The van der Waals surface area contributed by atoms with Crippen LogP contribution in [0.2, 0.25) is 0 Å². The standard InChI is InChI=1S/C17H19NS2/c1-12(18)13-6-4-7-15(9-13)19-11-16-10-14-5-2-3-8-17(14)20-16/h2-9,12,16H,10-11,18H2,1H3. The van der Waals surface area contributed by atoms with Crippen LogP contribution in [0.15, 0.2) is 58.3 Å². The fourth-order valence-electron chi connectivity index (χ4n) is 2.42. The third-order valence-electron chi connectivity index (χ3n) is 3.53. The summed E-state index contributed by atoms with van der Waals surface area (Å²) in [6.07, 6.45) is 1.20. The molecule has 0 spiro atoms. The van der Waals surface area contributed by atoms with Crippen LogP contribution in [0.5, 0.6) is 0 Å². The highest BCUT2D eigenvalue weighted by molar-refractivity contribution is 8.03. The van der Waals surface area contributed by atoms with Gasteiger partial charge in [0.05, 0.1) is 0 Å². The molecule has 3 rings (SSSR count). The van der Waals surface area contributed by atoms with E-state index in [-0.39, 0.29) is 6.04 Å². The van der Waals surface area contributed by atoms with E-state index in [0.717, 1.165) is 5.75 Å². The molecule has 2 aromatic rings. The van der Waals surface area contributed by atoms with Crippen LogP contribution in [-0.2, 0) is 6.42 Å². The average molecular weight is 301 g/mol. The third kappa shape index (κ3) is 3.22. The lowest BCUT2D eigenvalue weighted by Gasteiger charge is -2.10. The Kier molecular flexibility index (Phi) is 4.39. The molecular weight excluding hydrogens is 282 g/mol. The second-order valence-corrected chi connectivity index (χ2v) is 7.66. The summed E-state index contributed by atoms with van der Waals surface area (Å²) in [4.78, 5) is 2.79. The molecule has 0 amide bonds. The maximum absolute atomic E-state index is 5.95. The molecule has 0 aliphatic carbocycles. The summed E-state index contributed by atoms with van der Waals surface area (Å²) < 4.78 is 0. The van der Waals surface area contributed by atoms with Crippen LogP contribution in [0.25, 0.3) is 0 Å². The highest BCUT2D eigenvalue weighted by Crippen LogP contribution is 2.39. The van der Waals surface area contributed by atoms with Crippen LogP contribution in [0.4, 0.5) is 0 Å². The van der Waals surface area contributed by atoms with Gasteiger partial charge in [0, 0.05) is 26.8 Å². The average Bonchev–Trinajstić information content (AvgIpc) is 2.88. The molecule has 2 unspecified atom stereocenters. The van der Waals surface area contributed by atoms with Crippen LogP contribution in [0.3, 0.4) is 0 Å². The van der Waals surface area contributed by atoms with Crippen molar-refractivity contribution in [3.8, 4) is 0 Å². The van der Waals surface area contributed by atoms with Gasteiger partial charge >= 0.3 is 0 Å². The van der Waals surface area contributed by atoms with E-state index in [1.807, 2.05) is 30.4 Å². The molecule has 1 nitrogen and oxygen atoms in total. The molecule has 0 radical (unpaired) electrons. The molecule has 3 heteroatoms. The summed E-state index contributed by atoms with van der Waals surface area (Å²) in [6, 6.07) is 17.5. The number of benzene rings is 2. The maximum atomic E-state index is 5.95. The minimum absolute atomic E-state index is 0.112. The first-order valence-corrected chi connectivity index (χ1v) is 8.82. The summed E-state index contributed by atoms with van der Waals surface area (Å²) >= 11 is 3.96. The van der Waals surface area contributed by atoms with Crippen molar-refractivity contribution in [1.82, 2.24) is 0 Å². The summed E-state index contributed by atoms with van der Waals surface area (Å²) in [5.74, 6) is 1.15. The molecule has 0 saturated carbocycles. The summed E-state index contributed by atoms with van der Waals surface area (Å²) in [7, 11) is 0. The lowest BCUT2D eigenvalue weighted by molar-refractivity contribution is 0.815. The van der Waals surface area contributed by atoms with E-state index in [4.69, 9.17) is 5.73 Å². The van der Waals surface area contributed by atoms with Crippen molar-refractivity contribution < 1.29 is 0 Å². The molecule has 2 aromatic carbocycles. The van der Waals surface area contributed by atoms with Crippen LogP contribution < -0.4 is 5.73 Å². The Morgan fingerprint density at radius 2 is 2.10 bits per heavy atom. The highest BCUT2D eigenvalue weighted by Gasteiger charge is 2.21. The van der Waals surface area contributed by atoms with Gasteiger partial charge in [0.1, 0.15) is 0 Å². The Morgan fingerprint density at radius 1 is 1.25 bits per heavy atom. The monoisotopic (exact) mass is 301 g/mol. The van der Waals surface area contributed by atoms with E-state index in [2.05, 4.69) is 48.5 Å². The quantitative estimate of drug-likeness (QED) is 0.841. The lowest BCUT2D eigenvalue weighted by Crippen LogP contribution is -2.06. The predicted molar refractivity (Wildman–Crippen MR) is 89.6 cm³/mol. The van der Waals surface area contributed by atoms with Gasteiger partial charge < -0.3 is 5.73 Å². The number of hydrogen-bond donors (Lipinski definition) is 1. The molecule has 2 atom stereocenters. The minimum Gasteiger partial charge on any atom is -0.324 e.